The summed E-state index contributed by atoms with van der Waals surface area (Å²) in [4.78, 5) is 0. The lowest BCUT2D eigenvalue weighted by Crippen LogP contribution is -2.17. The van der Waals surface area contributed by atoms with Crippen LogP contribution in [-0.2, 0) is 7.05 Å². The normalized spacial score (nSPS) is 12.1. The van der Waals surface area contributed by atoms with Crippen LogP contribution in [0, 0.1) is 0 Å². The molecular weight excluding hydrogens is 289 g/mol. The Kier molecular flexibility index (Phi) is 2.57. The summed E-state index contributed by atoms with van der Waals surface area (Å²) in [6, 6.07) is 2.72. The molecule has 1 aromatic carbocycles. The fourth-order valence-electron chi connectivity index (χ4n) is 1.37. The molecule has 0 aliphatic rings. The van der Waals surface area contributed by atoms with Gasteiger partial charge in [-0.15, -0.1) is 13.2 Å². The monoisotopic (exact) mass is 294 g/mol. The van der Waals surface area contributed by atoms with Crippen molar-refractivity contribution in [1.29, 1.82) is 0 Å². The Morgan fingerprint density at radius 3 is 2.69 bits per heavy atom. The largest absolute Gasteiger partial charge is 0.573 e. The smallest absolute Gasteiger partial charge is 0.403 e. The van der Waals surface area contributed by atoms with Gasteiger partial charge in [0, 0.05) is 23.1 Å². The van der Waals surface area contributed by atoms with Crippen LogP contribution in [0.5, 0.6) is 5.75 Å². The first-order valence-corrected chi connectivity index (χ1v) is 5.04. The highest BCUT2D eigenvalue weighted by molar-refractivity contribution is 9.10. The van der Waals surface area contributed by atoms with E-state index in [0.29, 0.717) is 9.86 Å². The van der Waals surface area contributed by atoms with E-state index in [-0.39, 0.29) is 11.3 Å². The van der Waals surface area contributed by atoms with Crippen LogP contribution in [0.4, 0.5) is 13.2 Å². The summed E-state index contributed by atoms with van der Waals surface area (Å²) in [7, 11) is 1.63. The molecule has 0 unspecified atom stereocenters. The third-order valence-electron chi connectivity index (χ3n) is 1.93. The second-order valence-corrected chi connectivity index (χ2v) is 4.01. The summed E-state index contributed by atoms with van der Waals surface area (Å²) in [5.74, 6) is -0.300. The summed E-state index contributed by atoms with van der Waals surface area (Å²) < 4.78 is 42.3. The standard InChI is InChI=1S/C9H6BrF3N2O/c1-15-4-5-6(10)2-3-7(8(5)14-15)16-9(11,12)13/h2-4H,1H3. The van der Waals surface area contributed by atoms with E-state index in [4.69, 9.17) is 0 Å². The Morgan fingerprint density at radius 1 is 1.38 bits per heavy atom. The van der Waals surface area contributed by atoms with Gasteiger partial charge in [-0.2, -0.15) is 5.10 Å². The number of fused-ring (bicyclic) bond motifs is 1. The van der Waals surface area contributed by atoms with Crippen LogP contribution in [0.1, 0.15) is 0 Å². The van der Waals surface area contributed by atoms with Crippen LogP contribution in [-0.4, -0.2) is 16.1 Å². The van der Waals surface area contributed by atoms with Crippen molar-refractivity contribution in [2.24, 2.45) is 7.05 Å². The highest BCUT2D eigenvalue weighted by Crippen LogP contribution is 2.33. The summed E-state index contributed by atoms with van der Waals surface area (Å²) in [6.07, 6.45) is -3.10. The van der Waals surface area contributed by atoms with Gasteiger partial charge in [-0.05, 0) is 12.1 Å². The van der Waals surface area contributed by atoms with Gasteiger partial charge >= 0.3 is 6.36 Å². The predicted molar refractivity (Wildman–Crippen MR) is 55.1 cm³/mol. The van der Waals surface area contributed by atoms with Crippen LogP contribution in [0.3, 0.4) is 0 Å². The highest BCUT2D eigenvalue weighted by atomic mass is 79.9. The van der Waals surface area contributed by atoms with Crippen molar-refractivity contribution in [2.45, 2.75) is 6.36 Å². The van der Waals surface area contributed by atoms with E-state index in [1.54, 1.807) is 13.2 Å². The molecule has 0 radical (unpaired) electrons. The molecule has 3 nitrogen and oxygen atoms in total. The lowest BCUT2D eigenvalue weighted by molar-refractivity contribution is -0.274. The Balaban J connectivity index is 2.58. The number of aryl methyl sites for hydroxylation is 1. The average Bonchev–Trinajstić information content (AvgIpc) is 2.51. The molecule has 2 aromatic rings. The molecule has 0 aliphatic carbocycles. The van der Waals surface area contributed by atoms with Crippen molar-refractivity contribution in [3.8, 4) is 5.75 Å². The molecule has 0 aliphatic heterocycles. The fourth-order valence-corrected chi connectivity index (χ4v) is 1.79. The molecule has 0 fully saturated rings. The molecule has 0 saturated carbocycles. The van der Waals surface area contributed by atoms with Gasteiger partial charge in [-0.25, -0.2) is 0 Å². The quantitative estimate of drug-likeness (QED) is 0.807. The minimum Gasteiger partial charge on any atom is -0.403 e. The third kappa shape index (κ3) is 2.13. The molecule has 1 aromatic heterocycles. The van der Waals surface area contributed by atoms with Crippen molar-refractivity contribution in [3.05, 3.63) is 22.8 Å². The maximum atomic E-state index is 12.1. The van der Waals surface area contributed by atoms with Gasteiger partial charge in [0.2, 0.25) is 0 Å². The number of alkyl halides is 3. The summed E-state index contributed by atoms with van der Waals surface area (Å²) >= 11 is 3.23. The molecule has 16 heavy (non-hydrogen) atoms. The number of benzene rings is 1. The predicted octanol–water partition coefficient (Wildman–Crippen LogP) is 3.23. The molecular formula is C9H6BrF3N2O. The van der Waals surface area contributed by atoms with Gasteiger partial charge in [0.05, 0.1) is 0 Å². The lowest BCUT2D eigenvalue weighted by Gasteiger charge is -2.09. The molecule has 0 bridgehead atoms. The Hall–Kier alpha value is -1.24. The second kappa shape index (κ2) is 3.65. The number of hydrogen-bond donors (Lipinski definition) is 0. The van der Waals surface area contributed by atoms with Crippen LogP contribution >= 0.6 is 15.9 Å². The van der Waals surface area contributed by atoms with Gasteiger partial charge in [0.1, 0.15) is 5.52 Å². The van der Waals surface area contributed by atoms with E-state index in [1.807, 2.05) is 0 Å². The van der Waals surface area contributed by atoms with Crippen molar-refractivity contribution in [1.82, 2.24) is 9.78 Å². The first kappa shape index (κ1) is 11.3. The van der Waals surface area contributed by atoms with Crippen LogP contribution in [0.25, 0.3) is 10.9 Å². The number of hydrogen-bond acceptors (Lipinski definition) is 2. The summed E-state index contributed by atoms with van der Waals surface area (Å²) in [5, 5.41) is 4.49. The van der Waals surface area contributed by atoms with Gasteiger partial charge in [0.25, 0.3) is 0 Å². The Bertz CT molecular complexity index is 535. The average molecular weight is 295 g/mol. The fraction of sp³-hybridized carbons (Fsp3) is 0.222. The van der Waals surface area contributed by atoms with Crippen molar-refractivity contribution < 1.29 is 17.9 Å². The van der Waals surface area contributed by atoms with Crippen LogP contribution in [0.2, 0.25) is 0 Å². The van der Waals surface area contributed by atoms with E-state index in [1.165, 1.54) is 16.8 Å². The first-order chi connectivity index (χ1) is 7.37. The van der Waals surface area contributed by atoms with E-state index < -0.39 is 6.36 Å². The van der Waals surface area contributed by atoms with E-state index in [2.05, 4.69) is 25.8 Å². The SMILES string of the molecule is Cn1cc2c(Br)ccc(OC(F)(F)F)c2n1. The molecule has 7 heteroatoms. The minimum atomic E-state index is -4.71. The molecule has 0 spiro atoms. The maximum absolute atomic E-state index is 12.1. The topological polar surface area (TPSA) is 27.1 Å². The second-order valence-electron chi connectivity index (χ2n) is 3.16. The van der Waals surface area contributed by atoms with Crippen LogP contribution < -0.4 is 4.74 Å². The highest BCUT2D eigenvalue weighted by Gasteiger charge is 2.32. The zero-order valence-corrected chi connectivity index (χ0v) is 9.63. The Labute approximate surface area is 96.9 Å². The molecule has 2 rings (SSSR count). The van der Waals surface area contributed by atoms with E-state index in [0.717, 1.165) is 0 Å². The maximum Gasteiger partial charge on any atom is 0.573 e. The minimum absolute atomic E-state index is 0.175. The number of halogens is 4. The zero-order chi connectivity index (χ0) is 11.9. The number of aromatic nitrogens is 2. The molecule has 1 heterocycles. The molecule has 0 atom stereocenters. The van der Waals surface area contributed by atoms with E-state index >= 15 is 0 Å². The number of ether oxygens (including phenoxy) is 1. The zero-order valence-electron chi connectivity index (χ0n) is 8.05. The van der Waals surface area contributed by atoms with Gasteiger partial charge in [-0.1, -0.05) is 15.9 Å². The third-order valence-corrected chi connectivity index (χ3v) is 2.62. The van der Waals surface area contributed by atoms with Gasteiger partial charge in [-0.3, -0.25) is 4.68 Å². The molecule has 0 saturated heterocycles. The first-order valence-electron chi connectivity index (χ1n) is 4.24. The number of nitrogens with zero attached hydrogens (tertiary/aromatic N) is 2. The molecule has 86 valence electrons. The van der Waals surface area contributed by atoms with Crippen molar-refractivity contribution >= 4 is 26.8 Å². The van der Waals surface area contributed by atoms with Crippen molar-refractivity contribution in [2.75, 3.05) is 0 Å². The van der Waals surface area contributed by atoms with Gasteiger partial charge in [0.15, 0.2) is 5.75 Å². The molecule has 0 amide bonds. The van der Waals surface area contributed by atoms with Crippen molar-refractivity contribution in [3.63, 3.8) is 0 Å². The summed E-state index contributed by atoms with van der Waals surface area (Å²) in [6.45, 7) is 0. The van der Waals surface area contributed by atoms with Gasteiger partial charge < -0.3 is 4.74 Å². The molecule has 0 N–H and O–H groups in total. The lowest BCUT2D eigenvalue weighted by atomic mass is 10.2. The summed E-state index contributed by atoms with van der Waals surface area (Å²) in [5.41, 5.74) is 0.175. The Morgan fingerprint density at radius 2 is 2.06 bits per heavy atom. The van der Waals surface area contributed by atoms with Crippen LogP contribution in [0.15, 0.2) is 22.8 Å². The van der Waals surface area contributed by atoms with E-state index in [9.17, 15) is 13.2 Å². The number of rotatable bonds is 1.